The maximum atomic E-state index is 13.1. The van der Waals surface area contributed by atoms with Gasteiger partial charge in [-0.25, -0.2) is 17.6 Å². The van der Waals surface area contributed by atoms with Gasteiger partial charge in [0, 0.05) is 24.9 Å². The van der Waals surface area contributed by atoms with Gasteiger partial charge in [0.15, 0.2) is 6.10 Å². The van der Waals surface area contributed by atoms with Crippen molar-refractivity contribution in [2.75, 3.05) is 38.7 Å². The summed E-state index contributed by atoms with van der Waals surface area (Å²) >= 11 is 0. The molecule has 1 unspecified atom stereocenters. The van der Waals surface area contributed by atoms with Crippen LogP contribution in [0.4, 0.5) is 10.1 Å². The zero-order valence-corrected chi connectivity index (χ0v) is 19.5. The third-order valence-corrected chi connectivity index (χ3v) is 6.88. The van der Waals surface area contributed by atoms with E-state index >= 15 is 0 Å². The molecule has 2 aromatic carbocycles. The summed E-state index contributed by atoms with van der Waals surface area (Å²) < 4.78 is 55.9. The number of carbonyl (C=O) groups excluding carboxylic acids is 2. The van der Waals surface area contributed by atoms with Crippen molar-refractivity contribution >= 4 is 33.7 Å². The lowest BCUT2D eigenvalue weighted by Gasteiger charge is -2.26. The van der Waals surface area contributed by atoms with Crippen LogP contribution in [0.25, 0.3) is 6.08 Å². The maximum Gasteiger partial charge on any atom is 0.331 e. The van der Waals surface area contributed by atoms with E-state index in [1.54, 1.807) is 6.07 Å². The zero-order valence-electron chi connectivity index (χ0n) is 18.7. The van der Waals surface area contributed by atoms with Crippen LogP contribution in [0, 0.1) is 5.82 Å². The number of morpholine rings is 1. The molecule has 0 radical (unpaired) electrons. The standard InChI is InChI=1S/C23H25FN2O7S/c1-16(23(28)25-19-7-5-18(24)6-8-19)33-22(27)10-4-17-3-9-20(31-2)21(15-17)34(29,30)26-11-13-32-14-12-26/h3-10,15-16H,11-14H2,1-2H3,(H,25,28)/b10-4+. The Bertz CT molecular complexity index is 1160. The van der Waals surface area contributed by atoms with Gasteiger partial charge in [-0.05, 0) is 55.0 Å². The molecule has 3 rings (SSSR count). The number of sulfonamides is 1. The minimum atomic E-state index is -3.83. The van der Waals surface area contributed by atoms with Gasteiger partial charge in [0.25, 0.3) is 5.91 Å². The number of nitrogens with one attached hydrogen (secondary N) is 1. The molecule has 1 amide bonds. The van der Waals surface area contributed by atoms with E-state index in [1.807, 2.05) is 0 Å². The van der Waals surface area contributed by atoms with E-state index in [4.69, 9.17) is 14.2 Å². The smallest absolute Gasteiger partial charge is 0.331 e. The Kier molecular flexibility index (Phi) is 8.37. The number of nitrogens with zero attached hydrogens (tertiary/aromatic N) is 1. The van der Waals surface area contributed by atoms with E-state index in [-0.39, 0.29) is 23.7 Å². The average molecular weight is 493 g/mol. The second kappa shape index (κ2) is 11.2. The highest BCUT2D eigenvalue weighted by atomic mass is 32.2. The number of hydrogen-bond acceptors (Lipinski definition) is 7. The summed E-state index contributed by atoms with van der Waals surface area (Å²) in [5.74, 6) is -1.65. The first-order valence-corrected chi connectivity index (χ1v) is 11.9. The first kappa shape index (κ1) is 25.3. The number of hydrogen-bond donors (Lipinski definition) is 1. The Morgan fingerprint density at radius 2 is 1.82 bits per heavy atom. The molecule has 1 fully saturated rings. The fourth-order valence-electron chi connectivity index (χ4n) is 3.13. The SMILES string of the molecule is COc1ccc(/C=C/C(=O)OC(C)C(=O)Nc2ccc(F)cc2)cc1S(=O)(=O)N1CCOCC1. The summed E-state index contributed by atoms with van der Waals surface area (Å²) in [4.78, 5) is 24.3. The molecule has 11 heteroatoms. The third-order valence-electron chi connectivity index (χ3n) is 4.96. The fraction of sp³-hybridized carbons (Fsp3) is 0.304. The van der Waals surface area contributed by atoms with Crippen LogP contribution < -0.4 is 10.1 Å². The lowest BCUT2D eigenvalue weighted by molar-refractivity contribution is -0.148. The molecule has 182 valence electrons. The molecule has 1 aliphatic heterocycles. The molecule has 1 saturated heterocycles. The number of ether oxygens (including phenoxy) is 3. The normalized spacial score (nSPS) is 15.6. The first-order chi connectivity index (χ1) is 16.2. The van der Waals surface area contributed by atoms with E-state index in [0.717, 1.165) is 6.08 Å². The van der Waals surface area contributed by atoms with Crippen LogP contribution in [0.3, 0.4) is 0 Å². The maximum absolute atomic E-state index is 13.1. The molecule has 1 heterocycles. The molecule has 1 aliphatic rings. The molecule has 2 aromatic rings. The monoisotopic (exact) mass is 492 g/mol. The highest BCUT2D eigenvalue weighted by Gasteiger charge is 2.29. The Labute approximate surface area is 197 Å². The van der Waals surface area contributed by atoms with Crippen LogP contribution in [-0.4, -0.2) is 64.1 Å². The average Bonchev–Trinajstić information content (AvgIpc) is 2.84. The number of esters is 1. The Morgan fingerprint density at radius 1 is 1.15 bits per heavy atom. The number of rotatable bonds is 8. The predicted octanol–water partition coefficient (Wildman–Crippen LogP) is 2.44. The Morgan fingerprint density at radius 3 is 2.47 bits per heavy atom. The predicted molar refractivity (Wildman–Crippen MR) is 122 cm³/mol. The van der Waals surface area contributed by atoms with Crippen molar-refractivity contribution in [3.8, 4) is 5.75 Å². The molecule has 9 nitrogen and oxygen atoms in total. The summed E-state index contributed by atoms with van der Waals surface area (Å²) in [5.41, 5.74) is 0.782. The van der Waals surface area contributed by atoms with E-state index in [1.165, 1.54) is 60.8 Å². The van der Waals surface area contributed by atoms with Gasteiger partial charge in [0.1, 0.15) is 16.5 Å². The summed E-state index contributed by atoms with van der Waals surface area (Å²) in [6, 6.07) is 9.64. The van der Waals surface area contributed by atoms with Gasteiger partial charge >= 0.3 is 5.97 Å². The van der Waals surface area contributed by atoms with E-state index in [2.05, 4.69) is 5.32 Å². The van der Waals surface area contributed by atoms with E-state index in [9.17, 15) is 22.4 Å². The lowest BCUT2D eigenvalue weighted by Crippen LogP contribution is -2.40. The number of methoxy groups -OCH3 is 1. The van der Waals surface area contributed by atoms with Gasteiger partial charge in [-0.15, -0.1) is 0 Å². The van der Waals surface area contributed by atoms with Crippen LogP contribution >= 0.6 is 0 Å². The van der Waals surface area contributed by atoms with Crippen molar-refractivity contribution in [3.05, 3.63) is 59.9 Å². The molecule has 0 aliphatic carbocycles. The number of amides is 1. The van der Waals surface area contributed by atoms with Crippen molar-refractivity contribution in [1.82, 2.24) is 4.31 Å². The van der Waals surface area contributed by atoms with Crippen LogP contribution in [0.5, 0.6) is 5.75 Å². The van der Waals surface area contributed by atoms with Crippen LogP contribution in [-0.2, 0) is 29.1 Å². The molecule has 0 aromatic heterocycles. The van der Waals surface area contributed by atoms with Crippen molar-refractivity contribution in [2.45, 2.75) is 17.9 Å². The van der Waals surface area contributed by atoms with E-state index < -0.39 is 33.8 Å². The molecule has 1 atom stereocenters. The number of anilines is 1. The zero-order chi connectivity index (χ0) is 24.7. The lowest BCUT2D eigenvalue weighted by atomic mass is 10.2. The summed E-state index contributed by atoms with van der Waals surface area (Å²) in [6.07, 6.45) is 1.36. The molecule has 0 saturated carbocycles. The van der Waals surface area contributed by atoms with Crippen molar-refractivity contribution < 1.29 is 36.6 Å². The largest absolute Gasteiger partial charge is 0.495 e. The van der Waals surface area contributed by atoms with Crippen molar-refractivity contribution in [1.29, 1.82) is 0 Å². The van der Waals surface area contributed by atoms with Crippen molar-refractivity contribution in [2.24, 2.45) is 0 Å². The molecular weight excluding hydrogens is 467 g/mol. The minimum Gasteiger partial charge on any atom is -0.495 e. The number of benzene rings is 2. The van der Waals surface area contributed by atoms with Gasteiger partial charge in [-0.1, -0.05) is 6.07 Å². The molecular formula is C23H25FN2O7S. The van der Waals surface area contributed by atoms with Gasteiger partial charge in [-0.2, -0.15) is 4.31 Å². The van der Waals surface area contributed by atoms with Gasteiger partial charge < -0.3 is 19.5 Å². The molecule has 0 bridgehead atoms. The summed E-state index contributed by atoms with van der Waals surface area (Å²) in [5, 5.41) is 2.51. The van der Waals surface area contributed by atoms with E-state index in [0.29, 0.717) is 24.5 Å². The second-order valence-electron chi connectivity index (χ2n) is 7.34. The Balaban J connectivity index is 1.67. The van der Waals surface area contributed by atoms with Crippen molar-refractivity contribution in [3.63, 3.8) is 0 Å². The van der Waals surface area contributed by atoms with Gasteiger partial charge in [0.2, 0.25) is 10.0 Å². The van der Waals surface area contributed by atoms with Crippen LogP contribution in [0.2, 0.25) is 0 Å². The topological polar surface area (TPSA) is 111 Å². The van der Waals surface area contributed by atoms with Crippen LogP contribution in [0.1, 0.15) is 12.5 Å². The first-order valence-electron chi connectivity index (χ1n) is 10.4. The number of halogens is 1. The minimum absolute atomic E-state index is 0.0283. The molecule has 1 N–H and O–H groups in total. The van der Waals surface area contributed by atoms with Crippen LogP contribution in [0.15, 0.2) is 53.4 Å². The highest BCUT2D eigenvalue weighted by molar-refractivity contribution is 7.89. The molecule has 34 heavy (non-hydrogen) atoms. The van der Waals surface area contributed by atoms with Gasteiger partial charge in [0.05, 0.1) is 20.3 Å². The number of carbonyl (C=O) groups is 2. The van der Waals surface area contributed by atoms with Gasteiger partial charge in [-0.3, -0.25) is 4.79 Å². The molecule has 0 spiro atoms. The fourth-order valence-corrected chi connectivity index (χ4v) is 4.73. The third kappa shape index (κ3) is 6.40. The second-order valence-corrected chi connectivity index (χ2v) is 9.24. The summed E-state index contributed by atoms with van der Waals surface area (Å²) in [6.45, 7) is 2.47. The quantitative estimate of drug-likeness (QED) is 0.445. The Hall–Kier alpha value is -3.28. The highest BCUT2D eigenvalue weighted by Crippen LogP contribution is 2.29. The summed E-state index contributed by atoms with van der Waals surface area (Å²) in [7, 11) is -2.45.